The van der Waals surface area contributed by atoms with Crippen molar-refractivity contribution in [1.29, 1.82) is 0 Å². The molecule has 0 bridgehead atoms. The monoisotopic (exact) mass is 340 g/mol. The second-order valence-electron chi connectivity index (χ2n) is 5.71. The number of ether oxygens (including phenoxy) is 1. The van der Waals surface area contributed by atoms with Crippen molar-refractivity contribution < 1.29 is 18.9 Å². The molecular formula is C17H12N2O6. The molecule has 0 aliphatic carbocycles. The van der Waals surface area contributed by atoms with E-state index in [1.807, 2.05) is 0 Å². The number of carbonyl (C=O) groups excluding carboxylic acids is 1. The van der Waals surface area contributed by atoms with E-state index in [4.69, 9.17) is 9.15 Å². The van der Waals surface area contributed by atoms with Crippen molar-refractivity contribution >= 4 is 22.6 Å². The Balaban J connectivity index is 1.68. The first-order valence-corrected chi connectivity index (χ1v) is 7.59. The number of rotatable bonds is 4. The van der Waals surface area contributed by atoms with Crippen LogP contribution in [0.4, 0.5) is 5.69 Å². The molecule has 0 spiro atoms. The molecule has 8 nitrogen and oxygen atoms in total. The summed E-state index contributed by atoms with van der Waals surface area (Å²) in [6.07, 6.45) is 0.745. The van der Waals surface area contributed by atoms with Crippen molar-refractivity contribution in [3.05, 3.63) is 68.2 Å². The third-order valence-electron chi connectivity index (χ3n) is 4.18. The normalized spacial score (nSPS) is 12.8. The Morgan fingerprint density at radius 3 is 2.88 bits per heavy atom. The van der Waals surface area contributed by atoms with E-state index >= 15 is 0 Å². The number of aromatic nitrogens is 1. The Labute approximate surface area is 140 Å². The van der Waals surface area contributed by atoms with Crippen LogP contribution in [0.1, 0.15) is 15.9 Å². The number of Topliss-reactive ketones (excluding diaryl/α,β-unsaturated/α-hetero) is 1. The molecule has 0 radical (unpaired) electrons. The summed E-state index contributed by atoms with van der Waals surface area (Å²) in [5.74, 6) is -0.207. The number of ketones is 1. The Bertz CT molecular complexity index is 1080. The number of oxazole rings is 1. The minimum atomic E-state index is -0.728. The van der Waals surface area contributed by atoms with Crippen LogP contribution in [0.5, 0.6) is 5.75 Å². The summed E-state index contributed by atoms with van der Waals surface area (Å²) in [7, 11) is 0. The van der Waals surface area contributed by atoms with Gasteiger partial charge in [0.2, 0.25) is 0 Å². The third-order valence-corrected chi connectivity index (χ3v) is 4.18. The zero-order valence-electron chi connectivity index (χ0n) is 12.9. The Morgan fingerprint density at radius 1 is 1.24 bits per heavy atom. The number of nitro benzene ring substituents is 1. The van der Waals surface area contributed by atoms with E-state index in [0.29, 0.717) is 17.7 Å². The average Bonchev–Trinajstić information content (AvgIpc) is 3.18. The van der Waals surface area contributed by atoms with Crippen LogP contribution in [-0.2, 0) is 13.0 Å². The molecule has 0 atom stereocenters. The van der Waals surface area contributed by atoms with Gasteiger partial charge in [-0.15, -0.1) is 0 Å². The van der Waals surface area contributed by atoms with E-state index in [9.17, 15) is 19.7 Å². The number of carbonyl (C=O) groups is 1. The number of fused-ring (bicyclic) bond motifs is 2. The molecular weight excluding hydrogens is 328 g/mol. The van der Waals surface area contributed by atoms with E-state index in [1.54, 1.807) is 18.2 Å². The molecule has 8 heteroatoms. The fourth-order valence-electron chi connectivity index (χ4n) is 2.91. The largest absolute Gasteiger partial charge is 0.493 e. The molecule has 3 aromatic rings. The van der Waals surface area contributed by atoms with Crippen LogP contribution in [0.2, 0.25) is 0 Å². The second kappa shape index (κ2) is 5.59. The lowest BCUT2D eigenvalue weighted by Crippen LogP contribution is -2.20. The standard InChI is InChI=1S/C17H12N2O6/c20-14(10-1-4-15-11(7-10)5-6-24-15)9-18-13-3-2-12(19(22)23)8-16(13)25-17(18)21/h1-4,7-8H,5-6,9H2. The highest BCUT2D eigenvalue weighted by atomic mass is 16.6. The molecule has 4 rings (SSSR count). The van der Waals surface area contributed by atoms with Gasteiger partial charge in [-0.05, 0) is 29.8 Å². The molecule has 0 unspecified atom stereocenters. The first-order chi connectivity index (χ1) is 12.0. The van der Waals surface area contributed by atoms with Gasteiger partial charge in [0.05, 0.1) is 29.7 Å². The molecule has 0 saturated carbocycles. The second-order valence-corrected chi connectivity index (χ2v) is 5.71. The maximum atomic E-state index is 12.5. The van der Waals surface area contributed by atoms with Crippen LogP contribution in [0.3, 0.4) is 0 Å². The van der Waals surface area contributed by atoms with E-state index in [-0.39, 0.29) is 23.6 Å². The lowest BCUT2D eigenvalue weighted by atomic mass is 10.1. The lowest BCUT2D eigenvalue weighted by Gasteiger charge is -2.04. The Hall–Kier alpha value is -3.42. The Kier molecular flexibility index (Phi) is 3.38. The summed E-state index contributed by atoms with van der Waals surface area (Å²) in [5.41, 5.74) is 1.68. The van der Waals surface area contributed by atoms with Crippen molar-refractivity contribution in [3.8, 4) is 5.75 Å². The maximum absolute atomic E-state index is 12.5. The van der Waals surface area contributed by atoms with E-state index in [1.165, 1.54) is 22.8 Å². The van der Waals surface area contributed by atoms with Crippen LogP contribution < -0.4 is 10.5 Å². The molecule has 0 fully saturated rings. The van der Waals surface area contributed by atoms with E-state index in [0.717, 1.165) is 17.7 Å². The molecule has 0 saturated heterocycles. The summed E-state index contributed by atoms with van der Waals surface area (Å²) in [4.78, 5) is 34.8. The Morgan fingerprint density at radius 2 is 2.08 bits per heavy atom. The third kappa shape index (κ3) is 2.57. The van der Waals surface area contributed by atoms with Gasteiger partial charge >= 0.3 is 5.76 Å². The molecule has 1 aromatic heterocycles. The first-order valence-electron chi connectivity index (χ1n) is 7.59. The zero-order chi connectivity index (χ0) is 17.6. The molecule has 1 aliphatic heterocycles. The van der Waals surface area contributed by atoms with Crippen LogP contribution in [0.25, 0.3) is 11.1 Å². The van der Waals surface area contributed by atoms with Crippen LogP contribution in [0.15, 0.2) is 45.6 Å². The molecule has 25 heavy (non-hydrogen) atoms. The van der Waals surface area contributed by atoms with Gasteiger partial charge in [-0.1, -0.05) is 0 Å². The topological polar surface area (TPSA) is 105 Å². The highest BCUT2D eigenvalue weighted by molar-refractivity contribution is 5.97. The smallest absolute Gasteiger partial charge is 0.420 e. The quantitative estimate of drug-likeness (QED) is 0.410. The van der Waals surface area contributed by atoms with Gasteiger partial charge < -0.3 is 9.15 Å². The number of non-ortho nitro benzene ring substituents is 1. The van der Waals surface area contributed by atoms with Crippen LogP contribution in [0, 0.1) is 10.1 Å². The fraction of sp³-hybridized carbons (Fsp3) is 0.176. The number of nitro groups is 1. The molecule has 0 amide bonds. The van der Waals surface area contributed by atoms with Gasteiger partial charge in [-0.25, -0.2) is 4.79 Å². The van der Waals surface area contributed by atoms with Gasteiger partial charge in [0.1, 0.15) is 5.75 Å². The van der Waals surface area contributed by atoms with Crippen molar-refractivity contribution in [2.75, 3.05) is 6.61 Å². The molecule has 2 heterocycles. The summed E-state index contributed by atoms with van der Waals surface area (Å²) in [5, 5.41) is 10.8. The zero-order valence-corrected chi connectivity index (χ0v) is 12.9. The van der Waals surface area contributed by atoms with E-state index < -0.39 is 10.7 Å². The van der Waals surface area contributed by atoms with Gasteiger partial charge in [0.25, 0.3) is 5.69 Å². The van der Waals surface area contributed by atoms with Crippen LogP contribution >= 0.6 is 0 Å². The van der Waals surface area contributed by atoms with Crippen LogP contribution in [-0.4, -0.2) is 21.9 Å². The molecule has 0 N–H and O–H groups in total. The summed E-state index contributed by atoms with van der Waals surface area (Å²) >= 11 is 0. The minimum absolute atomic E-state index is 0.0781. The summed E-state index contributed by atoms with van der Waals surface area (Å²) < 4.78 is 11.6. The van der Waals surface area contributed by atoms with Gasteiger partial charge in [-0.2, -0.15) is 0 Å². The maximum Gasteiger partial charge on any atom is 0.420 e. The number of nitrogens with zero attached hydrogens (tertiary/aromatic N) is 2. The van der Waals surface area contributed by atoms with Crippen molar-refractivity contribution in [2.24, 2.45) is 0 Å². The summed E-state index contributed by atoms with van der Waals surface area (Å²) in [6, 6.07) is 9.01. The summed E-state index contributed by atoms with van der Waals surface area (Å²) in [6.45, 7) is 0.390. The number of benzene rings is 2. The fourth-order valence-corrected chi connectivity index (χ4v) is 2.91. The molecule has 2 aromatic carbocycles. The highest BCUT2D eigenvalue weighted by Gasteiger charge is 2.19. The van der Waals surface area contributed by atoms with E-state index in [2.05, 4.69) is 0 Å². The minimum Gasteiger partial charge on any atom is -0.493 e. The van der Waals surface area contributed by atoms with Crippen molar-refractivity contribution in [1.82, 2.24) is 4.57 Å². The highest BCUT2D eigenvalue weighted by Crippen LogP contribution is 2.26. The number of hydrogen-bond acceptors (Lipinski definition) is 6. The SMILES string of the molecule is O=C(Cn1c(=O)oc2cc([N+](=O)[O-])ccc21)c1ccc2c(c1)CCO2. The van der Waals surface area contributed by atoms with Crippen molar-refractivity contribution in [3.63, 3.8) is 0 Å². The lowest BCUT2D eigenvalue weighted by molar-refractivity contribution is -0.384. The number of hydrogen-bond donors (Lipinski definition) is 0. The van der Waals surface area contributed by atoms with Gasteiger partial charge in [0.15, 0.2) is 11.4 Å². The predicted octanol–water partition coefficient (Wildman–Crippen LogP) is 2.32. The van der Waals surface area contributed by atoms with Gasteiger partial charge in [0, 0.05) is 18.1 Å². The average molecular weight is 340 g/mol. The molecule has 126 valence electrons. The van der Waals surface area contributed by atoms with Crippen molar-refractivity contribution in [2.45, 2.75) is 13.0 Å². The first kappa shape index (κ1) is 15.1. The molecule has 1 aliphatic rings. The van der Waals surface area contributed by atoms with Gasteiger partial charge in [-0.3, -0.25) is 19.5 Å². The predicted molar refractivity (Wildman–Crippen MR) is 87.1 cm³/mol.